The summed E-state index contributed by atoms with van der Waals surface area (Å²) in [7, 11) is 0. The highest BCUT2D eigenvalue weighted by Crippen LogP contribution is 2.31. The Morgan fingerprint density at radius 1 is 1.43 bits per heavy atom. The Bertz CT molecular complexity index is 609. The van der Waals surface area contributed by atoms with Gasteiger partial charge in [0.1, 0.15) is 5.76 Å². The van der Waals surface area contributed by atoms with Gasteiger partial charge in [0.05, 0.1) is 6.54 Å². The van der Waals surface area contributed by atoms with E-state index in [0.717, 1.165) is 19.4 Å². The van der Waals surface area contributed by atoms with E-state index in [1.54, 1.807) is 13.0 Å². The fourth-order valence-electron chi connectivity index (χ4n) is 2.86. The van der Waals surface area contributed by atoms with Gasteiger partial charge in [-0.3, -0.25) is 9.69 Å². The first kappa shape index (κ1) is 13.8. The number of nitrogens with zero attached hydrogens (tertiary/aromatic N) is 2. The number of nitrogens with one attached hydrogen (secondary N) is 1. The van der Waals surface area contributed by atoms with Gasteiger partial charge in [0.2, 0.25) is 5.91 Å². The van der Waals surface area contributed by atoms with Crippen molar-refractivity contribution in [2.24, 2.45) is 0 Å². The molecule has 2 heterocycles. The van der Waals surface area contributed by atoms with E-state index >= 15 is 0 Å². The summed E-state index contributed by atoms with van der Waals surface area (Å²) in [5.74, 6) is 1.12. The van der Waals surface area contributed by atoms with Crippen LogP contribution in [0.2, 0.25) is 0 Å². The predicted molar refractivity (Wildman–Crippen MR) is 79.9 cm³/mol. The average molecular weight is 285 g/mol. The minimum atomic E-state index is -0.0499. The predicted octanol–water partition coefficient (Wildman–Crippen LogP) is 2.76. The van der Waals surface area contributed by atoms with Gasteiger partial charge in [-0.15, -0.1) is 0 Å². The standard InChI is InChI=1S/C16H19N3O2/c1-12-10-15(18-21-12)17-16(20)11-19-9-5-8-14(19)13-6-3-2-4-7-13/h2-4,6-7,10,14H,5,8-9,11H2,1H3,(H,17,18,20)/t14-/m0/s1. The molecule has 1 amide bonds. The van der Waals surface area contributed by atoms with Crippen LogP contribution in [0.15, 0.2) is 40.9 Å². The molecule has 1 N–H and O–H groups in total. The van der Waals surface area contributed by atoms with E-state index in [1.165, 1.54) is 5.56 Å². The molecule has 0 bridgehead atoms. The van der Waals surface area contributed by atoms with E-state index in [9.17, 15) is 4.79 Å². The summed E-state index contributed by atoms with van der Waals surface area (Å²) < 4.78 is 4.95. The first-order valence-electron chi connectivity index (χ1n) is 7.24. The van der Waals surface area contributed by atoms with E-state index in [2.05, 4.69) is 27.5 Å². The van der Waals surface area contributed by atoms with Crippen molar-refractivity contribution >= 4 is 11.7 Å². The van der Waals surface area contributed by atoms with Crippen molar-refractivity contribution in [2.45, 2.75) is 25.8 Å². The Morgan fingerprint density at radius 2 is 2.24 bits per heavy atom. The van der Waals surface area contributed by atoms with Gasteiger partial charge in [0.25, 0.3) is 0 Å². The maximum Gasteiger partial charge on any atom is 0.239 e. The molecule has 0 radical (unpaired) electrons. The van der Waals surface area contributed by atoms with Gasteiger partial charge in [-0.25, -0.2) is 0 Å². The number of aromatic nitrogens is 1. The third-order valence-corrected chi connectivity index (χ3v) is 3.79. The van der Waals surface area contributed by atoms with Crippen molar-refractivity contribution in [1.29, 1.82) is 0 Å². The van der Waals surface area contributed by atoms with E-state index in [1.807, 2.05) is 18.2 Å². The average Bonchev–Trinajstić information content (AvgIpc) is 3.09. The zero-order valence-electron chi connectivity index (χ0n) is 12.1. The molecule has 1 aliphatic heterocycles. The molecule has 1 fully saturated rings. The number of hydrogen-bond acceptors (Lipinski definition) is 4. The quantitative estimate of drug-likeness (QED) is 0.938. The Hall–Kier alpha value is -2.14. The zero-order chi connectivity index (χ0) is 14.7. The van der Waals surface area contributed by atoms with Gasteiger partial charge in [-0.05, 0) is 31.9 Å². The molecule has 5 nitrogen and oxygen atoms in total. The first-order valence-corrected chi connectivity index (χ1v) is 7.24. The molecule has 110 valence electrons. The minimum absolute atomic E-state index is 0.0499. The van der Waals surface area contributed by atoms with Crippen LogP contribution in [0.25, 0.3) is 0 Å². The second-order valence-electron chi connectivity index (χ2n) is 5.41. The third-order valence-electron chi connectivity index (χ3n) is 3.79. The number of carbonyl (C=O) groups excluding carboxylic acids is 1. The lowest BCUT2D eigenvalue weighted by molar-refractivity contribution is -0.117. The number of hydrogen-bond donors (Lipinski definition) is 1. The van der Waals surface area contributed by atoms with Gasteiger partial charge >= 0.3 is 0 Å². The van der Waals surface area contributed by atoms with Crippen LogP contribution in [0.5, 0.6) is 0 Å². The van der Waals surface area contributed by atoms with Crippen molar-refractivity contribution in [3.05, 3.63) is 47.7 Å². The largest absolute Gasteiger partial charge is 0.360 e. The minimum Gasteiger partial charge on any atom is -0.360 e. The monoisotopic (exact) mass is 285 g/mol. The molecule has 0 spiro atoms. The molecule has 1 aromatic carbocycles. The second kappa shape index (κ2) is 6.10. The maximum absolute atomic E-state index is 12.1. The molecule has 1 atom stereocenters. The summed E-state index contributed by atoms with van der Waals surface area (Å²) in [4.78, 5) is 14.3. The molecule has 21 heavy (non-hydrogen) atoms. The van der Waals surface area contributed by atoms with Gasteiger partial charge in [-0.2, -0.15) is 0 Å². The van der Waals surface area contributed by atoms with Crippen LogP contribution < -0.4 is 5.32 Å². The van der Waals surface area contributed by atoms with Gasteiger partial charge < -0.3 is 9.84 Å². The van der Waals surface area contributed by atoms with Crippen molar-refractivity contribution < 1.29 is 9.32 Å². The number of likely N-dealkylation sites (tertiary alicyclic amines) is 1. The number of amides is 1. The summed E-state index contributed by atoms with van der Waals surface area (Å²) >= 11 is 0. The molecule has 3 rings (SSSR count). The van der Waals surface area contributed by atoms with Crippen LogP contribution in [-0.4, -0.2) is 29.1 Å². The highest BCUT2D eigenvalue weighted by Gasteiger charge is 2.27. The topological polar surface area (TPSA) is 58.4 Å². The summed E-state index contributed by atoms with van der Waals surface area (Å²) in [6.07, 6.45) is 2.22. The van der Waals surface area contributed by atoms with Crippen LogP contribution >= 0.6 is 0 Å². The molecular formula is C16H19N3O2. The van der Waals surface area contributed by atoms with E-state index in [4.69, 9.17) is 4.52 Å². The molecule has 0 saturated carbocycles. The summed E-state index contributed by atoms with van der Waals surface area (Å²) in [5, 5.41) is 6.56. The van der Waals surface area contributed by atoms with Gasteiger partial charge in [0, 0.05) is 12.1 Å². The van der Waals surface area contributed by atoms with Crippen LogP contribution in [0.3, 0.4) is 0 Å². The second-order valence-corrected chi connectivity index (χ2v) is 5.41. The van der Waals surface area contributed by atoms with Crippen molar-refractivity contribution in [1.82, 2.24) is 10.1 Å². The zero-order valence-corrected chi connectivity index (χ0v) is 12.1. The summed E-state index contributed by atoms with van der Waals surface area (Å²) in [6.45, 7) is 3.13. The highest BCUT2D eigenvalue weighted by atomic mass is 16.5. The molecule has 2 aromatic rings. The normalized spacial score (nSPS) is 18.8. The number of anilines is 1. The smallest absolute Gasteiger partial charge is 0.239 e. The molecule has 1 aliphatic rings. The molecule has 5 heteroatoms. The Kier molecular flexibility index (Phi) is 4.01. The van der Waals surface area contributed by atoms with E-state index in [-0.39, 0.29) is 5.91 Å². The fraction of sp³-hybridized carbons (Fsp3) is 0.375. The van der Waals surface area contributed by atoms with Crippen LogP contribution in [-0.2, 0) is 4.79 Å². The van der Waals surface area contributed by atoms with Crippen molar-refractivity contribution in [2.75, 3.05) is 18.4 Å². The molecule has 1 saturated heterocycles. The summed E-state index contributed by atoms with van der Waals surface area (Å²) in [6, 6.07) is 12.4. The van der Waals surface area contributed by atoms with Crippen molar-refractivity contribution in [3.8, 4) is 0 Å². The number of aryl methyl sites for hydroxylation is 1. The lowest BCUT2D eigenvalue weighted by Crippen LogP contribution is -2.33. The Balaban J connectivity index is 1.62. The Morgan fingerprint density at radius 3 is 2.95 bits per heavy atom. The SMILES string of the molecule is Cc1cc(NC(=O)CN2CCC[C@H]2c2ccccc2)no1. The maximum atomic E-state index is 12.1. The van der Waals surface area contributed by atoms with Crippen LogP contribution in [0, 0.1) is 6.92 Å². The molecule has 1 aromatic heterocycles. The highest BCUT2D eigenvalue weighted by molar-refractivity contribution is 5.91. The van der Waals surface area contributed by atoms with Crippen LogP contribution in [0.1, 0.15) is 30.2 Å². The molecule has 0 unspecified atom stereocenters. The van der Waals surface area contributed by atoms with E-state index < -0.39 is 0 Å². The lowest BCUT2D eigenvalue weighted by atomic mass is 10.0. The number of benzene rings is 1. The first-order chi connectivity index (χ1) is 10.2. The van der Waals surface area contributed by atoms with Gasteiger partial charge in [-0.1, -0.05) is 35.5 Å². The molecule has 0 aliphatic carbocycles. The summed E-state index contributed by atoms with van der Waals surface area (Å²) in [5.41, 5.74) is 1.28. The Labute approximate surface area is 123 Å². The van der Waals surface area contributed by atoms with Crippen LogP contribution in [0.4, 0.5) is 5.82 Å². The fourth-order valence-corrected chi connectivity index (χ4v) is 2.86. The van der Waals surface area contributed by atoms with Gasteiger partial charge in [0.15, 0.2) is 5.82 Å². The number of rotatable bonds is 4. The third kappa shape index (κ3) is 3.31. The molecular weight excluding hydrogens is 266 g/mol. The van der Waals surface area contributed by atoms with E-state index in [0.29, 0.717) is 24.2 Å². The van der Waals surface area contributed by atoms with Crippen molar-refractivity contribution in [3.63, 3.8) is 0 Å². The number of carbonyl (C=O) groups is 1. The lowest BCUT2D eigenvalue weighted by Gasteiger charge is -2.23.